The van der Waals surface area contributed by atoms with E-state index in [-0.39, 0.29) is 18.2 Å². The lowest BCUT2D eigenvalue weighted by Crippen LogP contribution is -2.34. The molecule has 2 amide bonds. The standard InChI is InChI=1S/C17H15FN2O3/c1-10-17(22)20-14-9-12(6-7-15(14)23-10)19-16(21)8-11-4-2-3-5-13(11)18/h2-7,9-10H,8H2,1H3,(H,19,21)(H,20,22)/t10-/m1/s1. The first-order valence-electron chi connectivity index (χ1n) is 7.18. The summed E-state index contributed by atoms with van der Waals surface area (Å²) in [5.41, 5.74) is 1.33. The van der Waals surface area contributed by atoms with Crippen LogP contribution in [0.1, 0.15) is 12.5 Å². The third kappa shape index (κ3) is 3.31. The van der Waals surface area contributed by atoms with Gasteiger partial charge in [0.25, 0.3) is 5.91 Å². The van der Waals surface area contributed by atoms with Gasteiger partial charge in [0.15, 0.2) is 6.10 Å². The van der Waals surface area contributed by atoms with Crippen molar-refractivity contribution in [1.82, 2.24) is 0 Å². The summed E-state index contributed by atoms with van der Waals surface area (Å²) >= 11 is 0. The van der Waals surface area contributed by atoms with Gasteiger partial charge in [-0.15, -0.1) is 0 Å². The summed E-state index contributed by atoms with van der Waals surface area (Å²) in [6.45, 7) is 1.66. The number of anilines is 2. The first kappa shape index (κ1) is 15.0. The van der Waals surface area contributed by atoms with E-state index < -0.39 is 11.9 Å². The van der Waals surface area contributed by atoms with Crippen LogP contribution in [0.15, 0.2) is 42.5 Å². The lowest BCUT2D eigenvalue weighted by Gasteiger charge is -2.23. The van der Waals surface area contributed by atoms with Crippen LogP contribution in [0.25, 0.3) is 0 Å². The van der Waals surface area contributed by atoms with Crippen molar-refractivity contribution in [3.8, 4) is 5.75 Å². The largest absolute Gasteiger partial charge is 0.479 e. The summed E-state index contributed by atoms with van der Waals surface area (Å²) in [4.78, 5) is 23.6. The highest BCUT2D eigenvalue weighted by Gasteiger charge is 2.23. The van der Waals surface area contributed by atoms with Gasteiger partial charge in [-0.3, -0.25) is 9.59 Å². The minimum Gasteiger partial charge on any atom is -0.479 e. The van der Waals surface area contributed by atoms with Crippen molar-refractivity contribution >= 4 is 23.2 Å². The highest BCUT2D eigenvalue weighted by Crippen LogP contribution is 2.32. The lowest BCUT2D eigenvalue weighted by molar-refractivity contribution is -0.122. The molecule has 118 valence electrons. The van der Waals surface area contributed by atoms with Crippen LogP contribution < -0.4 is 15.4 Å². The number of rotatable bonds is 3. The predicted octanol–water partition coefficient (Wildman–Crippen LogP) is 2.73. The van der Waals surface area contributed by atoms with Gasteiger partial charge in [0, 0.05) is 5.69 Å². The number of carbonyl (C=O) groups excluding carboxylic acids is 2. The molecular formula is C17H15FN2O3. The minimum atomic E-state index is -0.552. The summed E-state index contributed by atoms with van der Waals surface area (Å²) < 4.78 is 19.0. The zero-order chi connectivity index (χ0) is 16.4. The zero-order valence-corrected chi connectivity index (χ0v) is 12.4. The van der Waals surface area contributed by atoms with Gasteiger partial charge in [-0.2, -0.15) is 0 Å². The molecule has 0 saturated carbocycles. The van der Waals surface area contributed by atoms with E-state index in [1.54, 1.807) is 43.3 Å². The van der Waals surface area contributed by atoms with Gasteiger partial charge in [-0.25, -0.2) is 4.39 Å². The molecule has 6 heteroatoms. The van der Waals surface area contributed by atoms with Gasteiger partial charge in [0.1, 0.15) is 11.6 Å². The molecule has 1 heterocycles. The number of benzene rings is 2. The van der Waals surface area contributed by atoms with Gasteiger partial charge < -0.3 is 15.4 Å². The van der Waals surface area contributed by atoms with E-state index in [0.717, 1.165) is 0 Å². The van der Waals surface area contributed by atoms with Crippen molar-refractivity contribution in [2.45, 2.75) is 19.4 Å². The SMILES string of the molecule is C[C@H]1Oc2ccc(NC(=O)Cc3ccccc3F)cc2NC1=O. The molecule has 0 saturated heterocycles. The normalized spacial score (nSPS) is 16.1. The van der Waals surface area contributed by atoms with E-state index in [0.29, 0.717) is 22.7 Å². The molecule has 0 radical (unpaired) electrons. The zero-order valence-electron chi connectivity index (χ0n) is 12.4. The number of ether oxygens (including phenoxy) is 1. The number of carbonyl (C=O) groups is 2. The molecule has 0 aromatic heterocycles. The fourth-order valence-electron chi connectivity index (χ4n) is 2.31. The summed E-state index contributed by atoms with van der Waals surface area (Å²) in [6, 6.07) is 11.1. The van der Waals surface area contributed by atoms with Crippen LogP contribution in [0.2, 0.25) is 0 Å². The third-order valence-electron chi connectivity index (χ3n) is 3.50. The monoisotopic (exact) mass is 314 g/mol. The van der Waals surface area contributed by atoms with Crippen molar-refractivity contribution in [3.63, 3.8) is 0 Å². The summed E-state index contributed by atoms with van der Waals surface area (Å²) in [5.74, 6) is -0.453. The minimum absolute atomic E-state index is 0.0658. The summed E-state index contributed by atoms with van der Waals surface area (Å²) in [7, 11) is 0. The van der Waals surface area contributed by atoms with Crippen LogP contribution in [0, 0.1) is 5.82 Å². The number of amides is 2. The van der Waals surface area contributed by atoms with Crippen LogP contribution in [0.5, 0.6) is 5.75 Å². The maximum atomic E-state index is 13.5. The molecule has 1 aliphatic heterocycles. The fourth-order valence-corrected chi connectivity index (χ4v) is 2.31. The Bertz CT molecular complexity index is 776. The van der Waals surface area contributed by atoms with Crippen molar-refractivity contribution < 1.29 is 18.7 Å². The van der Waals surface area contributed by atoms with Gasteiger partial charge in [0.05, 0.1) is 12.1 Å². The molecule has 1 atom stereocenters. The molecule has 2 aromatic carbocycles. The van der Waals surface area contributed by atoms with Gasteiger partial charge in [0.2, 0.25) is 5.91 Å². The Morgan fingerprint density at radius 3 is 2.87 bits per heavy atom. The first-order valence-corrected chi connectivity index (χ1v) is 7.18. The molecule has 0 unspecified atom stereocenters. The average Bonchev–Trinajstić information content (AvgIpc) is 2.51. The van der Waals surface area contributed by atoms with Crippen LogP contribution in [-0.4, -0.2) is 17.9 Å². The maximum absolute atomic E-state index is 13.5. The molecule has 23 heavy (non-hydrogen) atoms. The molecule has 0 spiro atoms. The van der Waals surface area contributed by atoms with Crippen LogP contribution >= 0.6 is 0 Å². The van der Waals surface area contributed by atoms with E-state index in [1.807, 2.05) is 0 Å². The Labute approximate surface area is 132 Å². The van der Waals surface area contributed by atoms with Crippen molar-refractivity contribution in [2.75, 3.05) is 10.6 Å². The molecular weight excluding hydrogens is 299 g/mol. The Morgan fingerprint density at radius 1 is 1.30 bits per heavy atom. The average molecular weight is 314 g/mol. The molecule has 0 fully saturated rings. The van der Waals surface area contributed by atoms with Crippen molar-refractivity contribution in [2.24, 2.45) is 0 Å². The quantitative estimate of drug-likeness (QED) is 0.915. The number of fused-ring (bicyclic) bond motifs is 1. The molecule has 1 aliphatic rings. The van der Waals surface area contributed by atoms with E-state index >= 15 is 0 Å². The Morgan fingerprint density at radius 2 is 2.09 bits per heavy atom. The highest BCUT2D eigenvalue weighted by atomic mass is 19.1. The third-order valence-corrected chi connectivity index (χ3v) is 3.50. The van der Waals surface area contributed by atoms with Gasteiger partial charge in [-0.1, -0.05) is 18.2 Å². The summed E-state index contributed by atoms with van der Waals surface area (Å²) in [5, 5.41) is 5.39. The van der Waals surface area contributed by atoms with Gasteiger partial charge in [-0.05, 0) is 36.8 Å². The molecule has 2 aromatic rings. The van der Waals surface area contributed by atoms with E-state index in [9.17, 15) is 14.0 Å². The Balaban J connectivity index is 1.71. The smallest absolute Gasteiger partial charge is 0.265 e. The second-order valence-electron chi connectivity index (χ2n) is 5.28. The van der Waals surface area contributed by atoms with E-state index in [2.05, 4.69) is 10.6 Å². The molecule has 2 N–H and O–H groups in total. The maximum Gasteiger partial charge on any atom is 0.265 e. The fraction of sp³-hybridized carbons (Fsp3) is 0.176. The van der Waals surface area contributed by atoms with Crippen molar-refractivity contribution in [3.05, 3.63) is 53.8 Å². The van der Waals surface area contributed by atoms with Crippen LogP contribution in [-0.2, 0) is 16.0 Å². The highest BCUT2D eigenvalue weighted by molar-refractivity contribution is 5.99. The number of hydrogen-bond donors (Lipinski definition) is 2. The molecule has 5 nitrogen and oxygen atoms in total. The Hall–Kier alpha value is -2.89. The number of nitrogens with one attached hydrogen (secondary N) is 2. The Kier molecular flexibility index (Phi) is 3.97. The van der Waals surface area contributed by atoms with E-state index in [1.165, 1.54) is 6.07 Å². The molecule has 3 rings (SSSR count). The van der Waals surface area contributed by atoms with Crippen molar-refractivity contribution in [1.29, 1.82) is 0 Å². The molecule has 0 bridgehead atoms. The van der Waals surface area contributed by atoms with Gasteiger partial charge >= 0.3 is 0 Å². The van der Waals surface area contributed by atoms with Crippen LogP contribution in [0.3, 0.4) is 0 Å². The lowest BCUT2D eigenvalue weighted by atomic mass is 10.1. The van der Waals surface area contributed by atoms with E-state index in [4.69, 9.17) is 4.74 Å². The van der Waals surface area contributed by atoms with Crippen LogP contribution in [0.4, 0.5) is 15.8 Å². The second kappa shape index (κ2) is 6.08. The number of halogens is 1. The first-order chi connectivity index (χ1) is 11.0. The number of hydrogen-bond acceptors (Lipinski definition) is 3. The summed E-state index contributed by atoms with van der Waals surface area (Å²) in [6.07, 6.45) is -0.618. The molecule has 0 aliphatic carbocycles. The second-order valence-corrected chi connectivity index (χ2v) is 5.28. The predicted molar refractivity (Wildman–Crippen MR) is 83.9 cm³/mol. The topological polar surface area (TPSA) is 67.4 Å².